The molecule has 0 aliphatic carbocycles. The van der Waals surface area contributed by atoms with E-state index in [4.69, 9.17) is 19.4 Å². The Morgan fingerprint density at radius 2 is 1.13 bits per heavy atom. The molecule has 0 spiro atoms. The smallest absolute Gasteiger partial charge is 0.407 e. The summed E-state index contributed by atoms with van der Waals surface area (Å²) in [4.78, 5) is 76.9. The fourth-order valence-electron chi connectivity index (χ4n) is 10.9. The summed E-state index contributed by atoms with van der Waals surface area (Å²) < 4.78 is 50.5. The molecule has 70 heavy (non-hydrogen) atoms. The lowest BCUT2D eigenvalue weighted by atomic mass is 10.0. The lowest BCUT2D eigenvalue weighted by Gasteiger charge is -2.34. The van der Waals surface area contributed by atoms with E-state index in [1.54, 1.807) is 26.8 Å². The fraction of sp³-hybridized carbons (Fsp3) is 0.520. The van der Waals surface area contributed by atoms with Crippen LogP contribution in [0, 0.1) is 17.7 Å². The first-order chi connectivity index (χ1) is 33.5. The van der Waals surface area contributed by atoms with Gasteiger partial charge in [-0.2, -0.15) is 0 Å². The summed E-state index contributed by atoms with van der Waals surface area (Å²) in [7, 11) is -0.619. The molecule has 4 aliphatic rings. The summed E-state index contributed by atoms with van der Waals surface area (Å²) in [6.07, 6.45) is 3.12. The quantitative estimate of drug-likeness (QED) is 0.0996. The summed E-state index contributed by atoms with van der Waals surface area (Å²) in [5, 5.41) is 5.42. The second-order valence-corrected chi connectivity index (χ2v) is 22.0. The minimum Gasteiger partial charge on any atom is -0.453 e. The molecule has 5 aromatic rings. The third-order valence-corrected chi connectivity index (χ3v) is 16.2. The van der Waals surface area contributed by atoms with Crippen molar-refractivity contribution in [1.29, 1.82) is 0 Å². The predicted molar refractivity (Wildman–Crippen MR) is 262 cm³/mol. The number of aromatic nitrogens is 4. The van der Waals surface area contributed by atoms with Gasteiger partial charge in [-0.05, 0) is 104 Å². The molecule has 2 aromatic heterocycles. The average molecular weight is 983 g/mol. The van der Waals surface area contributed by atoms with Gasteiger partial charge in [0.15, 0.2) is 9.84 Å². The molecule has 4 amide bonds. The van der Waals surface area contributed by atoms with Crippen molar-refractivity contribution in [3.63, 3.8) is 0 Å². The number of alkyl carbamates (subject to hydrolysis) is 2. The number of sulfone groups is 1. The Kier molecular flexibility index (Phi) is 13.7. The van der Waals surface area contributed by atoms with Crippen LogP contribution in [0.25, 0.3) is 22.1 Å². The number of methoxy groups -OCH3 is 2. The minimum absolute atomic E-state index is 0.0282. The lowest BCUT2D eigenvalue weighted by Crippen LogP contribution is -2.51. The maximum atomic E-state index is 16.4. The zero-order valence-electron chi connectivity index (χ0n) is 40.5. The summed E-state index contributed by atoms with van der Waals surface area (Å²) in [6.45, 7) is 9.03. The Morgan fingerprint density at radius 3 is 1.56 bits per heavy atom. The molecule has 0 radical (unpaired) electrons. The highest BCUT2D eigenvalue weighted by Crippen LogP contribution is 2.48. The van der Waals surface area contributed by atoms with Gasteiger partial charge < -0.3 is 49.7 Å². The van der Waals surface area contributed by atoms with Gasteiger partial charge in [0.25, 0.3) is 0 Å². The lowest BCUT2D eigenvalue weighted by molar-refractivity contribution is -0.136. The van der Waals surface area contributed by atoms with Gasteiger partial charge in [-0.3, -0.25) is 9.59 Å². The van der Waals surface area contributed by atoms with Gasteiger partial charge in [0.2, 0.25) is 11.8 Å². The zero-order chi connectivity index (χ0) is 49.6. The van der Waals surface area contributed by atoms with Crippen molar-refractivity contribution in [3.8, 4) is 0 Å². The van der Waals surface area contributed by atoms with Gasteiger partial charge in [-0.1, -0.05) is 39.8 Å². The molecule has 0 saturated carbocycles. The Balaban J connectivity index is 1.03. The van der Waals surface area contributed by atoms with Crippen molar-refractivity contribution in [2.45, 2.75) is 102 Å². The Hall–Kier alpha value is -6.44. The molecule has 4 saturated heterocycles. The number of benzene rings is 3. The maximum absolute atomic E-state index is 16.4. The SMILES string of the molecule is COC(=O)N[C@H](C(=O)N1CCC[C@H]1c1nc2cc([C@H]3CC[C@H](c4ccc5[nH]c([C@@H]6CCCN6C(=O)[C@@H](NC(=O)OC)C(C)C)nc5c4)N3c3ccc(N4CCS(=O)(=O)CC4)c(F)c3)ccc2[nH]1)C(C)C. The number of nitrogens with zero attached hydrogens (tertiary/aromatic N) is 6. The number of fused-ring (bicyclic) bond motifs is 2. The van der Waals surface area contributed by atoms with Gasteiger partial charge in [0.1, 0.15) is 29.5 Å². The van der Waals surface area contributed by atoms with Crippen LogP contribution in [0.5, 0.6) is 0 Å². The second-order valence-electron chi connectivity index (χ2n) is 19.7. The van der Waals surface area contributed by atoms with Crippen LogP contribution in [-0.2, 0) is 28.9 Å². The molecule has 4 N–H and O–H groups in total. The Labute approximate surface area is 406 Å². The molecule has 3 aromatic carbocycles. The van der Waals surface area contributed by atoms with Gasteiger partial charge in [-0.15, -0.1) is 0 Å². The number of likely N-dealkylation sites (tertiary alicyclic amines) is 2. The van der Waals surface area contributed by atoms with Crippen molar-refractivity contribution >= 4 is 67.3 Å². The highest BCUT2D eigenvalue weighted by molar-refractivity contribution is 7.91. The van der Waals surface area contributed by atoms with Crippen LogP contribution in [0.15, 0.2) is 54.6 Å². The number of carbonyl (C=O) groups excluding carboxylic acids is 4. The van der Waals surface area contributed by atoms with Crippen molar-refractivity contribution in [3.05, 3.63) is 83.2 Å². The van der Waals surface area contributed by atoms with E-state index in [-0.39, 0.29) is 72.4 Å². The van der Waals surface area contributed by atoms with E-state index < -0.39 is 39.9 Å². The second kappa shape index (κ2) is 19.8. The molecule has 0 bridgehead atoms. The number of aromatic amines is 2. The van der Waals surface area contributed by atoms with Crippen LogP contribution in [-0.4, -0.2) is 126 Å². The van der Waals surface area contributed by atoms with E-state index >= 15 is 4.39 Å². The molecule has 6 atom stereocenters. The van der Waals surface area contributed by atoms with E-state index in [1.807, 2.05) is 45.9 Å². The third-order valence-electron chi connectivity index (χ3n) is 14.6. The zero-order valence-corrected chi connectivity index (χ0v) is 41.4. The third kappa shape index (κ3) is 9.57. The highest BCUT2D eigenvalue weighted by Gasteiger charge is 2.41. The van der Waals surface area contributed by atoms with E-state index in [0.29, 0.717) is 49.0 Å². The number of anilines is 2. The largest absolute Gasteiger partial charge is 0.453 e. The number of amides is 4. The van der Waals surface area contributed by atoms with E-state index in [2.05, 4.69) is 49.8 Å². The first kappa shape index (κ1) is 48.6. The number of rotatable bonds is 12. The molecule has 0 unspecified atom stereocenters. The van der Waals surface area contributed by atoms with Gasteiger partial charge >= 0.3 is 12.2 Å². The molecule has 20 heteroatoms. The van der Waals surface area contributed by atoms with Crippen LogP contribution in [0.4, 0.5) is 25.4 Å². The van der Waals surface area contributed by atoms with Gasteiger partial charge in [0, 0.05) is 31.9 Å². The molecule has 374 valence electrons. The summed E-state index contributed by atoms with van der Waals surface area (Å²) >= 11 is 0. The molecular weight excluding hydrogens is 920 g/mol. The topological polar surface area (TPSA) is 215 Å². The number of halogens is 1. The van der Waals surface area contributed by atoms with Crippen molar-refractivity contribution in [2.24, 2.45) is 11.8 Å². The number of ether oxygens (including phenoxy) is 2. The number of nitrogens with one attached hydrogen (secondary N) is 4. The minimum atomic E-state index is -3.17. The number of hydrogen-bond donors (Lipinski definition) is 4. The van der Waals surface area contributed by atoms with Gasteiger partial charge in [0.05, 0.1) is 77.6 Å². The van der Waals surface area contributed by atoms with Crippen molar-refractivity contribution in [1.82, 2.24) is 40.4 Å². The highest BCUT2D eigenvalue weighted by atomic mass is 32.2. The van der Waals surface area contributed by atoms with Crippen LogP contribution in [0.1, 0.15) is 113 Å². The molecule has 9 rings (SSSR count). The molecule has 4 aliphatic heterocycles. The standard InChI is InChI=1S/C50H63FN10O8S/c1-28(2)43(56-49(64)68-5)47(62)59-19-7-9-41(59)45-52-34-14-11-30(25-36(34)54-45)38-17-18-39(61(38)32-13-16-40(33(51)27-32)58-21-23-70(66,67)24-22-58)31-12-15-35-37(26-31)55-46(53-35)42-10-8-20-60(42)48(63)44(29(3)4)57-50(65)69-6/h11-16,25-29,38-39,41-44H,7-10,17-24H2,1-6H3,(H,52,54)(H,53,55)(H,56,64)(H,57,65)/t38-,39-,41+,42+,43+,44+/m1/s1. The normalized spacial score (nSPS) is 22.3. The maximum Gasteiger partial charge on any atom is 0.407 e. The summed E-state index contributed by atoms with van der Waals surface area (Å²) in [6, 6.07) is 14.9. The van der Waals surface area contributed by atoms with E-state index in [1.165, 1.54) is 14.2 Å². The van der Waals surface area contributed by atoms with E-state index in [9.17, 15) is 27.6 Å². The predicted octanol–water partition coefficient (Wildman–Crippen LogP) is 6.98. The Morgan fingerprint density at radius 1 is 0.657 bits per heavy atom. The number of carbonyl (C=O) groups is 4. The van der Waals surface area contributed by atoms with Crippen LogP contribution in [0.3, 0.4) is 0 Å². The number of imidazole rings is 2. The summed E-state index contributed by atoms with van der Waals surface area (Å²) in [5.74, 6) is 0.120. The van der Waals surface area contributed by atoms with E-state index in [0.717, 1.165) is 58.9 Å². The van der Waals surface area contributed by atoms with Crippen molar-refractivity contribution in [2.75, 3.05) is 61.7 Å². The molecule has 18 nitrogen and oxygen atoms in total. The first-order valence-corrected chi connectivity index (χ1v) is 26.2. The van der Waals surface area contributed by atoms with Crippen LogP contribution < -0.4 is 20.4 Å². The number of hydrogen-bond acceptors (Lipinski definition) is 12. The Bertz CT molecular complexity index is 2750. The fourth-order valence-corrected chi connectivity index (χ4v) is 12.1. The van der Waals surface area contributed by atoms with Crippen molar-refractivity contribution < 1.29 is 41.5 Å². The number of H-pyrrole nitrogens is 2. The van der Waals surface area contributed by atoms with Crippen LogP contribution >= 0.6 is 0 Å². The van der Waals surface area contributed by atoms with Crippen LogP contribution in [0.2, 0.25) is 0 Å². The van der Waals surface area contributed by atoms with Gasteiger partial charge in [-0.25, -0.2) is 32.4 Å². The molecule has 6 heterocycles. The monoisotopic (exact) mass is 982 g/mol. The summed E-state index contributed by atoms with van der Waals surface area (Å²) in [5.41, 5.74) is 6.09. The molecular formula is C50H63FN10O8S. The first-order valence-electron chi connectivity index (χ1n) is 24.4. The molecule has 4 fully saturated rings. The average Bonchev–Trinajstić information content (AvgIpc) is 4.20.